The first-order chi connectivity index (χ1) is 3.83. The lowest BCUT2D eigenvalue weighted by Crippen LogP contribution is -1.78. The maximum atomic E-state index is 5.40. The Morgan fingerprint density at radius 1 is 1.62 bits per heavy atom. The van der Waals surface area contributed by atoms with Crippen LogP contribution in [0.1, 0.15) is 0 Å². The van der Waals surface area contributed by atoms with E-state index in [1.807, 2.05) is 0 Å². The SMILES string of the molecule is COc1nnc(Cl)s1. The minimum Gasteiger partial charge on any atom is -0.472 e. The third-order valence-corrected chi connectivity index (χ3v) is 1.54. The molecule has 0 spiro atoms. The lowest BCUT2D eigenvalue weighted by molar-refractivity contribution is 0.407. The van der Waals surface area contributed by atoms with E-state index in [1.165, 1.54) is 18.4 Å². The molecule has 0 bridgehead atoms. The van der Waals surface area contributed by atoms with E-state index in [0.717, 1.165) is 0 Å². The molecule has 0 amide bonds. The van der Waals surface area contributed by atoms with Crippen LogP contribution in [0.2, 0.25) is 4.47 Å². The molecule has 8 heavy (non-hydrogen) atoms. The van der Waals surface area contributed by atoms with E-state index >= 15 is 0 Å². The molecule has 0 unspecified atom stereocenters. The predicted molar refractivity (Wildman–Crippen MR) is 31.5 cm³/mol. The molecule has 0 aliphatic rings. The molecular weight excluding hydrogens is 148 g/mol. The minimum atomic E-state index is 0.404. The molecule has 1 heterocycles. The van der Waals surface area contributed by atoms with Gasteiger partial charge in [-0.15, -0.1) is 5.10 Å². The van der Waals surface area contributed by atoms with E-state index in [0.29, 0.717) is 9.66 Å². The van der Waals surface area contributed by atoms with Crippen LogP contribution in [-0.2, 0) is 0 Å². The molecule has 0 aliphatic carbocycles. The molecule has 0 aliphatic heterocycles. The molecular formula is C3H3ClN2OS. The van der Waals surface area contributed by atoms with Crippen LogP contribution in [0, 0.1) is 0 Å². The molecule has 0 fully saturated rings. The van der Waals surface area contributed by atoms with Gasteiger partial charge in [0.25, 0.3) is 5.19 Å². The van der Waals surface area contributed by atoms with Gasteiger partial charge in [0.15, 0.2) is 0 Å². The smallest absolute Gasteiger partial charge is 0.294 e. The number of nitrogens with zero attached hydrogens (tertiary/aromatic N) is 2. The molecule has 5 heteroatoms. The number of ether oxygens (including phenoxy) is 1. The minimum absolute atomic E-state index is 0.404. The van der Waals surface area contributed by atoms with Crippen molar-refractivity contribution in [1.29, 1.82) is 0 Å². The van der Waals surface area contributed by atoms with Gasteiger partial charge < -0.3 is 4.74 Å². The van der Waals surface area contributed by atoms with Crippen molar-refractivity contribution in [1.82, 2.24) is 10.2 Å². The third kappa shape index (κ3) is 1.08. The summed E-state index contributed by atoms with van der Waals surface area (Å²) in [6, 6.07) is 0. The standard InChI is InChI=1S/C3H3ClN2OS/c1-7-3-6-5-2(4)8-3/h1H3. The van der Waals surface area contributed by atoms with Crippen LogP contribution in [0.15, 0.2) is 0 Å². The van der Waals surface area contributed by atoms with Crippen LogP contribution in [-0.4, -0.2) is 17.3 Å². The molecule has 0 N–H and O–H groups in total. The number of hydrogen-bond acceptors (Lipinski definition) is 4. The monoisotopic (exact) mass is 150 g/mol. The summed E-state index contributed by atoms with van der Waals surface area (Å²) in [5.74, 6) is 0. The molecule has 1 aromatic heterocycles. The van der Waals surface area contributed by atoms with Gasteiger partial charge in [0.05, 0.1) is 7.11 Å². The maximum absolute atomic E-state index is 5.40. The normalized spacial score (nSPS) is 9.25. The van der Waals surface area contributed by atoms with Crippen molar-refractivity contribution in [2.45, 2.75) is 0 Å². The Hall–Kier alpha value is -0.350. The van der Waals surface area contributed by atoms with Gasteiger partial charge in [-0.05, 0) is 22.9 Å². The zero-order valence-corrected chi connectivity index (χ0v) is 5.66. The summed E-state index contributed by atoms with van der Waals surface area (Å²) in [5, 5.41) is 7.54. The second kappa shape index (κ2) is 2.28. The van der Waals surface area contributed by atoms with Gasteiger partial charge in [-0.25, -0.2) is 0 Å². The van der Waals surface area contributed by atoms with Gasteiger partial charge in [-0.1, -0.05) is 5.10 Å². The molecule has 0 radical (unpaired) electrons. The van der Waals surface area contributed by atoms with Crippen molar-refractivity contribution in [3.63, 3.8) is 0 Å². The van der Waals surface area contributed by atoms with Crippen molar-refractivity contribution in [3.05, 3.63) is 4.47 Å². The molecule has 0 saturated heterocycles. The Balaban J connectivity index is 2.84. The zero-order chi connectivity index (χ0) is 5.98. The number of rotatable bonds is 1. The summed E-state index contributed by atoms with van der Waals surface area (Å²) in [4.78, 5) is 0. The lowest BCUT2D eigenvalue weighted by Gasteiger charge is -1.82. The van der Waals surface area contributed by atoms with Crippen molar-refractivity contribution < 1.29 is 4.74 Å². The predicted octanol–water partition coefficient (Wildman–Crippen LogP) is 1.20. The highest BCUT2D eigenvalue weighted by molar-refractivity contribution is 7.17. The number of hydrogen-bond donors (Lipinski definition) is 0. The largest absolute Gasteiger partial charge is 0.472 e. The first-order valence-corrected chi connectivity index (χ1v) is 3.05. The Labute approximate surface area is 55.3 Å². The summed E-state index contributed by atoms with van der Waals surface area (Å²) in [6.45, 7) is 0. The van der Waals surface area contributed by atoms with Crippen molar-refractivity contribution in [2.24, 2.45) is 0 Å². The molecule has 3 nitrogen and oxygen atoms in total. The highest BCUT2D eigenvalue weighted by Gasteiger charge is 1.97. The average Bonchev–Trinajstić information content (AvgIpc) is 2.14. The topological polar surface area (TPSA) is 35.0 Å². The fourth-order valence-electron chi connectivity index (χ4n) is 0.275. The van der Waals surface area contributed by atoms with Crippen molar-refractivity contribution >= 4 is 22.9 Å². The van der Waals surface area contributed by atoms with Gasteiger partial charge in [-0.2, -0.15) is 0 Å². The summed E-state index contributed by atoms with van der Waals surface area (Å²) < 4.78 is 5.10. The molecule has 0 atom stereocenters. The maximum Gasteiger partial charge on any atom is 0.294 e. The zero-order valence-electron chi connectivity index (χ0n) is 4.09. The Bertz CT molecular complexity index is 178. The fourth-order valence-corrected chi connectivity index (χ4v) is 0.902. The summed E-state index contributed by atoms with van der Waals surface area (Å²) >= 11 is 6.61. The van der Waals surface area contributed by atoms with Crippen LogP contribution in [0.4, 0.5) is 0 Å². The van der Waals surface area contributed by atoms with Gasteiger partial charge in [0, 0.05) is 0 Å². The summed E-state index contributed by atoms with van der Waals surface area (Å²) in [6.07, 6.45) is 0. The quantitative estimate of drug-likeness (QED) is 0.604. The van der Waals surface area contributed by atoms with Crippen LogP contribution in [0.25, 0.3) is 0 Å². The first-order valence-electron chi connectivity index (χ1n) is 1.86. The van der Waals surface area contributed by atoms with Crippen molar-refractivity contribution in [3.8, 4) is 5.19 Å². The third-order valence-electron chi connectivity index (χ3n) is 0.556. The highest BCUT2D eigenvalue weighted by atomic mass is 35.5. The lowest BCUT2D eigenvalue weighted by atomic mass is 11.4. The van der Waals surface area contributed by atoms with Gasteiger partial charge in [0.2, 0.25) is 4.47 Å². The van der Waals surface area contributed by atoms with E-state index in [2.05, 4.69) is 10.2 Å². The van der Waals surface area contributed by atoms with E-state index in [4.69, 9.17) is 16.3 Å². The summed E-state index contributed by atoms with van der Waals surface area (Å²) in [5.41, 5.74) is 0. The van der Waals surface area contributed by atoms with E-state index in [9.17, 15) is 0 Å². The second-order valence-corrected chi connectivity index (χ2v) is 2.55. The fraction of sp³-hybridized carbons (Fsp3) is 0.333. The Morgan fingerprint density at radius 2 is 2.38 bits per heavy atom. The molecule has 0 saturated carbocycles. The van der Waals surface area contributed by atoms with E-state index in [1.54, 1.807) is 0 Å². The van der Waals surface area contributed by atoms with E-state index in [-0.39, 0.29) is 0 Å². The number of methoxy groups -OCH3 is 1. The average molecular weight is 151 g/mol. The van der Waals surface area contributed by atoms with Gasteiger partial charge >= 0.3 is 0 Å². The Kier molecular flexibility index (Phi) is 1.65. The molecule has 1 aromatic rings. The first kappa shape index (κ1) is 5.78. The van der Waals surface area contributed by atoms with Crippen molar-refractivity contribution in [2.75, 3.05) is 7.11 Å². The van der Waals surface area contributed by atoms with Crippen LogP contribution >= 0.6 is 22.9 Å². The molecule has 1 rings (SSSR count). The molecule has 44 valence electrons. The van der Waals surface area contributed by atoms with Gasteiger partial charge in [-0.3, -0.25) is 0 Å². The second-order valence-electron chi connectivity index (χ2n) is 1.03. The van der Waals surface area contributed by atoms with Crippen LogP contribution < -0.4 is 4.74 Å². The Morgan fingerprint density at radius 3 is 2.62 bits per heavy atom. The number of halogens is 1. The van der Waals surface area contributed by atoms with Gasteiger partial charge in [0.1, 0.15) is 0 Å². The highest BCUT2D eigenvalue weighted by Crippen LogP contribution is 2.20. The van der Waals surface area contributed by atoms with Crippen LogP contribution in [0.5, 0.6) is 5.19 Å². The number of aromatic nitrogens is 2. The van der Waals surface area contributed by atoms with Crippen LogP contribution in [0.3, 0.4) is 0 Å². The van der Waals surface area contributed by atoms with E-state index < -0.39 is 0 Å². The summed E-state index contributed by atoms with van der Waals surface area (Å²) in [7, 11) is 1.52. The molecule has 0 aromatic carbocycles.